The molecule has 2 heterocycles. The van der Waals surface area contributed by atoms with E-state index in [0.29, 0.717) is 69.6 Å². The van der Waals surface area contributed by atoms with Gasteiger partial charge < -0.3 is 33.6 Å². The molecular weight excluding hydrogens is 548 g/mol. The van der Waals surface area contributed by atoms with Crippen LogP contribution in [0.2, 0.25) is 0 Å². The molecule has 2 saturated heterocycles. The van der Waals surface area contributed by atoms with Gasteiger partial charge in [0.2, 0.25) is 5.91 Å². The van der Waals surface area contributed by atoms with E-state index in [4.69, 9.17) is 18.9 Å². The molecule has 0 bridgehead atoms. The van der Waals surface area contributed by atoms with E-state index in [9.17, 15) is 9.59 Å². The fourth-order valence-corrected chi connectivity index (χ4v) is 5.63. The fraction of sp³-hybridized carbons (Fsp3) is 0.576. The predicted molar refractivity (Wildman–Crippen MR) is 167 cm³/mol. The molecule has 236 valence electrons. The average Bonchev–Trinajstić information content (AvgIpc) is 3.00. The number of benzene rings is 2. The van der Waals surface area contributed by atoms with Crippen LogP contribution in [0.4, 0.5) is 10.5 Å². The Morgan fingerprint density at radius 3 is 2.56 bits per heavy atom. The minimum absolute atomic E-state index is 0.0223. The van der Waals surface area contributed by atoms with Crippen molar-refractivity contribution in [3.8, 4) is 17.2 Å². The molecular formula is C33H48N4O6. The van der Waals surface area contributed by atoms with E-state index < -0.39 is 0 Å². The van der Waals surface area contributed by atoms with Crippen molar-refractivity contribution in [3.05, 3.63) is 47.5 Å². The topological polar surface area (TPSA) is 84.0 Å². The number of hydrogen-bond donors (Lipinski definition) is 0. The van der Waals surface area contributed by atoms with E-state index in [0.717, 1.165) is 49.0 Å². The van der Waals surface area contributed by atoms with Gasteiger partial charge >= 0.3 is 6.03 Å². The van der Waals surface area contributed by atoms with Crippen molar-refractivity contribution in [1.29, 1.82) is 0 Å². The Bertz CT molecular complexity index is 1220. The van der Waals surface area contributed by atoms with Gasteiger partial charge in [-0.25, -0.2) is 4.79 Å². The van der Waals surface area contributed by atoms with Crippen molar-refractivity contribution >= 4 is 17.6 Å². The minimum atomic E-state index is -0.0609. The highest BCUT2D eigenvalue weighted by Crippen LogP contribution is 2.34. The smallest absolute Gasteiger partial charge is 0.324 e. The predicted octanol–water partition coefficient (Wildman–Crippen LogP) is 4.44. The quantitative estimate of drug-likeness (QED) is 0.298. The monoisotopic (exact) mass is 596 g/mol. The van der Waals surface area contributed by atoms with Crippen molar-refractivity contribution in [2.24, 2.45) is 0 Å². The summed E-state index contributed by atoms with van der Waals surface area (Å²) in [4.78, 5) is 34.4. The van der Waals surface area contributed by atoms with Gasteiger partial charge in [-0.15, -0.1) is 0 Å². The lowest BCUT2D eigenvalue weighted by molar-refractivity contribution is -0.138. The van der Waals surface area contributed by atoms with Crippen molar-refractivity contribution in [1.82, 2.24) is 14.7 Å². The number of rotatable bonds is 14. The zero-order chi connectivity index (χ0) is 30.8. The summed E-state index contributed by atoms with van der Waals surface area (Å²) < 4.78 is 23.1. The number of unbranched alkanes of at least 4 members (excludes halogenated alkanes) is 2. The maximum Gasteiger partial charge on any atom is 0.324 e. The largest absolute Gasteiger partial charge is 0.496 e. The summed E-state index contributed by atoms with van der Waals surface area (Å²) in [6.45, 7) is 7.01. The molecule has 0 saturated carbocycles. The van der Waals surface area contributed by atoms with Crippen LogP contribution in [0.5, 0.6) is 17.2 Å². The molecule has 2 aliphatic rings. The van der Waals surface area contributed by atoms with Gasteiger partial charge in [-0.1, -0.05) is 31.9 Å². The summed E-state index contributed by atoms with van der Waals surface area (Å²) in [5.74, 6) is 2.07. The molecule has 1 atom stereocenters. The van der Waals surface area contributed by atoms with E-state index in [1.807, 2.05) is 60.3 Å². The lowest BCUT2D eigenvalue weighted by Crippen LogP contribution is -2.49. The van der Waals surface area contributed by atoms with Gasteiger partial charge in [0.1, 0.15) is 5.75 Å². The molecule has 2 aromatic rings. The summed E-state index contributed by atoms with van der Waals surface area (Å²) in [7, 11) is 7.27. The number of ether oxygens (including phenoxy) is 4. The lowest BCUT2D eigenvalue weighted by Gasteiger charge is -2.36. The molecule has 2 fully saturated rings. The molecule has 0 N–H and O–H groups in total. The number of carbonyl (C=O) groups is 2. The summed E-state index contributed by atoms with van der Waals surface area (Å²) in [5.41, 5.74) is 2.58. The molecule has 2 aromatic carbocycles. The molecule has 0 aliphatic carbocycles. The molecule has 3 amide bonds. The number of anilines is 1. The van der Waals surface area contributed by atoms with Crippen LogP contribution in [0.3, 0.4) is 0 Å². The van der Waals surface area contributed by atoms with Crippen LogP contribution in [-0.2, 0) is 22.5 Å². The number of morpholine rings is 1. The van der Waals surface area contributed by atoms with E-state index in [2.05, 4.69) is 11.8 Å². The van der Waals surface area contributed by atoms with Crippen LogP contribution in [-0.4, -0.2) is 107 Å². The van der Waals surface area contributed by atoms with Gasteiger partial charge in [0.15, 0.2) is 11.5 Å². The van der Waals surface area contributed by atoms with Gasteiger partial charge in [-0.2, -0.15) is 0 Å². The van der Waals surface area contributed by atoms with E-state index in [1.54, 1.807) is 19.1 Å². The van der Waals surface area contributed by atoms with E-state index in [-0.39, 0.29) is 18.0 Å². The van der Waals surface area contributed by atoms with Gasteiger partial charge in [0, 0.05) is 50.0 Å². The maximum atomic E-state index is 13.7. The van der Waals surface area contributed by atoms with Gasteiger partial charge in [0.25, 0.3) is 0 Å². The number of nitrogens with zero attached hydrogens (tertiary/aromatic N) is 4. The highest BCUT2D eigenvalue weighted by atomic mass is 16.5. The van der Waals surface area contributed by atoms with E-state index >= 15 is 0 Å². The Morgan fingerprint density at radius 2 is 1.81 bits per heavy atom. The van der Waals surface area contributed by atoms with Crippen LogP contribution in [0.1, 0.15) is 43.7 Å². The molecule has 0 spiro atoms. The Hall–Kier alpha value is -3.50. The van der Waals surface area contributed by atoms with Crippen LogP contribution < -0.4 is 19.1 Å². The first kappa shape index (κ1) is 32.4. The number of methoxy groups -OCH3 is 2. The third kappa shape index (κ3) is 8.76. The maximum absolute atomic E-state index is 13.7. The number of urea groups is 1. The summed E-state index contributed by atoms with van der Waals surface area (Å²) in [6.07, 6.45) is 4.36. The molecule has 4 rings (SSSR count). The SMILES string of the molecule is CCCCCOc1cc(N2CCCN(Cc3ccc(CC(=O)N4CCO[C@H](CN(C)C)C4)cc3OC)C2=O)ccc1OC. The molecule has 10 heteroatoms. The van der Waals surface area contributed by atoms with Gasteiger partial charge in [-0.05, 0) is 50.7 Å². The molecule has 0 radical (unpaired) electrons. The van der Waals surface area contributed by atoms with Crippen molar-refractivity contribution in [3.63, 3.8) is 0 Å². The molecule has 43 heavy (non-hydrogen) atoms. The number of carbonyl (C=O) groups excluding carboxylic acids is 2. The Balaban J connectivity index is 1.41. The fourth-order valence-electron chi connectivity index (χ4n) is 5.63. The highest BCUT2D eigenvalue weighted by molar-refractivity contribution is 5.93. The first-order chi connectivity index (χ1) is 20.8. The van der Waals surface area contributed by atoms with Crippen molar-refractivity contribution in [2.45, 2.75) is 51.7 Å². The third-order valence-electron chi connectivity index (χ3n) is 7.90. The second-order valence-electron chi connectivity index (χ2n) is 11.5. The van der Waals surface area contributed by atoms with Crippen molar-refractivity contribution < 1.29 is 28.5 Å². The minimum Gasteiger partial charge on any atom is -0.496 e. The normalized spacial score (nSPS) is 17.4. The second kappa shape index (κ2) is 15.8. The number of amides is 3. The van der Waals surface area contributed by atoms with Crippen LogP contribution in [0.25, 0.3) is 0 Å². The first-order valence-corrected chi connectivity index (χ1v) is 15.4. The van der Waals surface area contributed by atoms with Crippen molar-refractivity contribution in [2.75, 3.05) is 79.2 Å². The molecule has 0 unspecified atom stereocenters. The Labute approximate surface area is 256 Å². The lowest BCUT2D eigenvalue weighted by atomic mass is 10.1. The third-order valence-corrected chi connectivity index (χ3v) is 7.90. The van der Waals surface area contributed by atoms with Gasteiger partial charge in [0.05, 0.1) is 46.5 Å². The second-order valence-corrected chi connectivity index (χ2v) is 11.5. The highest BCUT2D eigenvalue weighted by Gasteiger charge is 2.29. The van der Waals surface area contributed by atoms with Crippen LogP contribution in [0.15, 0.2) is 36.4 Å². The standard InChI is InChI=1S/C33H48N4O6/c1-6-7-8-17-43-31-21-27(12-13-29(31)40-4)37-15-9-14-36(33(37)39)22-26-11-10-25(19-30(26)41-5)20-32(38)35-16-18-42-28(24-35)23-34(2)3/h10-13,19,21,28H,6-9,14-18,20,22-24H2,1-5H3/t28-/m1/s1. The average molecular weight is 597 g/mol. The Kier molecular flexibility index (Phi) is 11.9. The zero-order valence-corrected chi connectivity index (χ0v) is 26.5. The summed E-state index contributed by atoms with van der Waals surface area (Å²) in [5, 5.41) is 0. The molecule has 10 nitrogen and oxygen atoms in total. The van der Waals surface area contributed by atoms with Gasteiger partial charge in [-0.3, -0.25) is 9.69 Å². The first-order valence-electron chi connectivity index (χ1n) is 15.4. The summed E-state index contributed by atoms with van der Waals surface area (Å²) >= 11 is 0. The number of likely N-dealkylation sites (N-methyl/N-ethyl adjacent to an activating group) is 1. The number of hydrogen-bond acceptors (Lipinski definition) is 7. The summed E-state index contributed by atoms with van der Waals surface area (Å²) in [6, 6.07) is 11.5. The molecule has 2 aliphatic heterocycles. The Morgan fingerprint density at radius 1 is 1.00 bits per heavy atom. The zero-order valence-electron chi connectivity index (χ0n) is 26.5. The van der Waals surface area contributed by atoms with Crippen LogP contribution >= 0.6 is 0 Å². The van der Waals surface area contributed by atoms with E-state index in [1.165, 1.54) is 0 Å². The van der Waals surface area contributed by atoms with Crippen LogP contribution in [0, 0.1) is 0 Å². The molecule has 0 aromatic heterocycles.